The van der Waals surface area contributed by atoms with Crippen LogP contribution in [0.5, 0.6) is 5.75 Å². The van der Waals surface area contributed by atoms with Crippen molar-refractivity contribution in [2.24, 2.45) is 0 Å². The fourth-order valence-electron chi connectivity index (χ4n) is 4.59. The van der Waals surface area contributed by atoms with Gasteiger partial charge in [0, 0.05) is 32.3 Å². The number of halogens is 5. The number of likely N-dealkylation sites (N-methyl/N-ethyl adjacent to an activating group) is 1. The summed E-state index contributed by atoms with van der Waals surface area (Å²) in [7, 11) is 1.99. The second kappa shape index (κ2) is 12.2. The van der Waals surface area contributed by atoms with Crippen LogP contribution >= 0.6 is 11.6 Å². The van der Waals surface area contributed by atoms with Crippen LogP contribution in [0.2, 0.25) is 5.02 Å². The molecule has 1 aliphatic heterocycles. The molecular formula is C28H29ClF4N4O2. The summed E-state index contributed by atoms with van der Waals surface area (Å²) >= 11 is 6.12. The van der Waals surface area contributed by atoms with Crippen LogP contribution in [0.3, 0.4) is 0 Å². The normalized spacial score (nSPS) is 16.4. The standard InChI is InChI=1S/C28H29ClF4N4O2/c1-36-13-6-14-37(16-15-36)26(38)35-27(18-20-7-3-2-4-8-20,24-12-11-22(29)19-34-24)21-9-5-10-23(17-21)39-28(32,33)25(30)31/h2-5,7-12,17,19,25H,6,13-16,18H2,1H3,(H,35,38)/t27-/m1/s1. The number of rotatable bonds is 8. The first-order valence-corrected chi connectivity index (χ1v) is 12.8. The second-order valence-corrected chi connectivity index (χ2v) is 9.93. The van der Waals surface area contributed by atoms with Crippen molar-refractivity contribution in [1.29, 1.82) is 0 Å². The maximum absolute atomic E-state index is 13.8. The number of aromatic nitrogens is 1. The molecule has 39 heavy (non-hydrogen) atoms. The van der Waals surface area contributed by atoms with Gasteiger partial charge in [-0.15, -0.1) is 0 Å². The van der Waals surface area contributed by atoms with E-state index in [1.54, 1.807) is 23.1 Å². The number of hydrogen-bond acceptors (Lipinski definition) is 4. The summed E-state index contributed by atoms with van der Waals surface area (Å²) in [6.45, 7) is 2.54. The molecule has 0 spiro atoms. The molecule has 1 fully saturated rings. The minimum atomic E-state index is -4.69. The molecule has 0 unspecified atom stereocenters. The number of nitrogens with zero attached hydrogens (tertiary/aromatic N) is 3. The van der Waals surface area contributed by atoms with Crippen LogP contribution in [0.25, 0.3) is 0 Å². The maximum Gasteiger partial charge on any atom is 0.461 e. The number of hydrogen-bond donors (Lipinski definition) is 1. The predicted molar refractivity (Wildman–Crippen MR) is 140 cm³/mol. The third-order valence-electron chi connectivity index (χ3n) is 6.64. The summed E-state index contributed by atoms with van der Waals surface area (Å²) in [5, 5.41) is 3.49. The lowest BCUT2D eigenvalue weighted by Gasteiger charge is -2.37. The molecule has 11 heteroatoms. The number of nitrogens with one attached hydrogen (secondary N) is 1. The van der Waals surface area contributed by atoms with Crippen LogP contribution in [-0.4, -0.2) is 66.6 Å². The lowest BCUT2D eigenvalue weighted by atomic mass is 9.80. The largest absolute Gasteiger partial charge is 0.461 e. The summed E-state index contributed by atoms with van der Waals surface area (Å²) in [5.74, 6) is -0.477. The lowest BCUT2D eigenvalue weighted by molar-refractivity contribution is -0.253. The van der Waals surface area contributed by atoms with Crippen LogP contribution in [0.15, 0.2) is 72.9 Å². The summed E-state index contributed by atoms with van der Waals surface area (Å²) < 4.78 is 57.8. The van der Waals surface area contributed by atoms with Gasteiger partial charge in [-0.3, -0.25) is 4.98 Å². The molecule has 3 aromatic rings. The number of alkyl halides is 4. The number of amides is 2. The highest BCUT2D eigenvalue weighted by Crippen LogP contribution is 2.36. The molecule has 0 radical (unpaired) electrons. The quantitative estimate of drug-likeness (QED) is 0.351. The van der Waals surface area contributed by atoms with Gasteiger partial charge < -0.3 is 19.9 Å². The minimum absolute atomic E-state index is 0.177. The number of benzene rings is 2. The smallest absolute Gasteiger partial charge is 0.428 e. The van der Waals surface area contributed by atoms with Gasteiger partial charge >= 0.3 is 18.6 Å². The number of carbonyl (C=O) groups is 1. The van der Waals surface area contributed by atoms with Crippen molar-refractivity contribution >= 4 is 17.6 Å². The molecule has 2 amide bonds. The fraction of sp³-hybridized carbons (Fsp3) is 0.357. The molecule has 2 aromatic carbocycles. The highest BCUT2D eigenvalue weighted by atomic mass is 35.5. The van der Waals surface area contributed by atoms with Gasteiger partial charge in [-0.25, -0.2) is 4.79 Å². The first-order chi connectivity index (χ1) is 18.6. The molecule has 0 aliphatic carbocycles. The zero-order valence-electron chi connectivity index (χ0n) is 21.3. The number of carbonyl (C=O) groups excluding carboxylic acids is 1. The Morgan fingerprint density at radius 1 is 1.05 bits per heavy atom. The van der Waals surface area contributed by atoms with Gasteiger partial charge in [0.1, 0.15) is 11.3 Å². The minimum Gasteiger partial charge on any atom is -0.428 e. The topological polar surface area (TPSA) is 57.7 Å². The van der Waals surface area contributed by atoms with E-state index in [0.29, 0.717) is 35.9 Å². The van der Waals surface area contributed by atoms with Crippen molar-refractivity contribution in [3.05, 3.63) is 94.8 Å². The van der Waals surface area contributed by atoms with Crippen LogP contribution in [0.4, 0.5) is 22.4 Å². The van der Waals surface area contributed by atoms with E-state index in [1.165, 1.54) is 18.3 Å². The van der Waals surface area contributed by atoms with Crippen LogP contribution in [-0.2, 0) is 12.0 Å². The van der Waals surface area contributed by atoms with Crippen molar-refractivity contribution in [3.63, 3.8) is 0 Å². The Morgan fingerprint density at radius 2 is 1.82 bits per heavy atom. The summed E-state index contributed by atoms with van der Waals surface area (Å²) in [6.07, 6.45) is -6.33. The monoisotopic (exact) mass is 564 g/mol. The molecule has 1 atom stereocenters. The van der Waals surface area contributed by atoms with E-state index in [1.807, 2.05) is 37.4 Å². The average molecular weight is 565 g/mol. The molecule has 1 aromatic heterocycles. The molecule has 1 saturated heterocycles. The van der Waals surface area contributed by atoms with Gasteiger partial charge in [0.25, 0.3) is 0 Å². The Bertz CT molecular complexity index is 1250. The molecule has 6 nitrogen and oxygen atoms in total. The summed E-state index contributed by atoms with van der Waals surface area (Å²) in [5.41, 5.74) is 0.132. The summed E-state index contributed by atoms with van der Waals surface area (Å²) in [6, 6.07) is 17.5. The Labute approximate surface area is 229 Å². The van der Waals surface area contributed by atoms with E-state index in [9.17, 15) is 22.4 Å². The highest BCUT2D eigenvalue weighted by Gasteiger charge is 2.45. The molecule has 0 bridgehead atoms. The van der Waals surface area contributed by atoms with E-state index < -0.39 is 23.8 Å². The van der Waals surface area contributed by atoms with Crippen molar-refractivity contribution in [2.75, 3.05) is 33.2 Å². The first kappa shape index (κ1) is 28.6. The zero-order chi connectivity index (χ0) is 28.0. The Balaban J connectivity index is 1.83. The van der Waals surface area contributed by atoms with Crippen molar-refractivity contribution < 1.29 is 27.1 Å². The van der Waals surface area contributed by atoms with E-state index in [0.717, 1.165) is 24.6 Å². The SMILES string of the molecule is CN1CCCN(C(=O)N[C@](Cc2ccccc2)(c2cccc(OC(F)(F)C(F)F)c2)c2ccc(Cl)cn2)CC1. The van der Waals surface area contributed by atoms with Gasteiger partial charge in [0.05, 0.1) is 10.7 Å². The fourth-order valence-corrected chi connectivity index (χ4v) is 4.70. The highest BCUT2D eigenvalue weighted by molar-refractivity contribution is 6.30. The van der Waals surface area contributed by atoms with Gasteiger partial charge in [-0.2, -0.15) is 17.6 Å². The van der Waals surface area contributed by atoms with E-state index in [-0.39, 0.29) is 12.5 Å². The molecular weight excluding hydrogens is 536 g/mol. The van der Waals surface area contributed by atoms with Gasteiger partial charge in [-0.1, -0.05) is 54.1 Å². The molecule has 0 saturated carbocycles. The van der Waals surface area contributed by atoms with E-state index in [4.69, 9.17) is 11.6 Å². The predicted octanol–water partition coefficient (Wildman–Crippen LogP) is 5.81. The maximum atomic E-state index is 13.8. The van der Waals surface area contributed by atoms with E-state index >= 15 is 0 Å². The molecule has 1 N–H and O–H groups in total. The van der Waals surface area contributed by atoms with Crippen LogP contribution in [0.1, 0.15) is 23.2 Å². The van der Waals surface area contributed by atoms with Crippen molar-refractivity contribution in [2.45, 2.75) is 30.9 Å². The number of urea groups is 1. The molecule has 4 rings (SSSR count). The number of pyridine rings is 1. The second-order valence-electron chi connectivity index (χ2n) is 9.50. The lowest BCUT2D eigenvalue weighted by Crippen LogP contribution is -2.54. The molecule has 2 heterocycles. The average Bonchev–Trinajstić information content (AvgIpc) is 3.13. The van der Waals surface area contributed by atoms with Gasteiger partial charge in [0.15, 0.2) is 0 Å². The molecule has 208 valence electrons. The van der Waals surface area contributed by atoms with Crippen LogP contribution in [0, 0.1) is 0 Å². The zero-order valence-corrected chi connectivity index (χ0v) is 22.1. The van der Waals surface area contributed by atoms with Crippen LogP contribution < -0.4 is 10.1 Å². The number of ether oxygens (including phenoxy) is 1. The third kappa shape index (κ3) is 6.99. The molecule has 1 aliphatic rings. The van der Waals surface area contributed by atoms with E-state index in [2.05, 4.69) is 19.9 Å². The summed E-state index contributed by atoms with van der Waals surface area (Å²) in [4.78, 5) is 22.1. The van der Waals surface area contributed by atoms with Gasteiger partial charge in [-0.05, 0) is 55.4 Å². The first-order valence-electron chi connectivity index (χ1n) is 12.5. The Morgan fingerprint density at radius 3 is 2.51 bits per heavy atom. The van der Waals surface area contributed by atoms with Crippen molar-refractivity contribution in [1.82, 2.24) is 20.1 Å². The van der Waals surface area contributed by atoms with Gasteiger partial charge in [0.2, 0.25) is 0 Å². The Kier molecular flexibility index (Phi) is 8.97. The third-order valence-corrected chi connectivity index (χ3v) is 6.86. The Hall–Kier alpha value is -3.37. The van der Waals surface area contributed by atoms with Crippen molar-refractivity contribution in [3.8, 4) is 5.75 Å².